The van der Waals surface area contributed by atoms with Crippen molar-refractivity contribution in [2.75, 3.05) is 14.7 Å². The van der Waals surface area contributed by atoms with Gasteiger partial charge in [0.05, 0.1) is 16.8 Å². The first-order valence-electron chi connectivity index (χ1n) is 24.0. The Hall–Kier alpha value is -7.62. The van der Waals surface area contributed by atoms with Crippen LogP contribution in [-0.4, -0.2) is 0 Å². The van der Waals surface area contributed by atoms with Gasteiger partial charge in [-0.2, -0.15) is 0 Å². The summed E-state index contributed by atoms with van der Waals surface area (Å²) in [7, 11) is 0. The molecule has 0 unspecified atom stereocenters. The highest BCUT2D eigenvalue weighted by Crippen LogP contribution is 2.58. The average Bonchev–Trinajstić information content (AvgIpc) is 3.34. The Balaban J connectivity index is 1.24. The molecule has 68 heavy (non-hydrogen) atoms. The quantitative estimate of drug-likeness (QED) is 0.143. The standard InChI is InChI=1S/C65H61N3/c1-42-27-34-54(35-28-42)68-63-22-12-11-21-57(63)65(58-41-43(2)29-40-64(58)68,52-30-36-55(37-31-52)66(59-23-13-17-44(3)48(59)7)60-24-14-18-45(4)49(60)8)53-32-38-56(39-33-53)67(61-25-15-19-46(5)50(61)9)62-26-16-20-47(6)51(62)10/h11-41H,1-10H3. The molecule has 0 amide bonds. The van der Waals surface area contributed by atoms with Gasteiger partial charge in [-0.25, -0.2) is 0 Å². The minimum atomic E-state index is -0.692. The van der Waals surface area contributed by atoms with Crippen molar-refractivity contribution in [3.63, 3.8) is 0 Å². The number of rotatable bonds is 9. The zero-order valence-corrected chi connectivity index (χ0v) is 41.2. The third-order valence-corrected chi connectivity index (χ3v) is 15.0. The van der Waals surface area contributed by atoms with Gasteiger partial charge in [-0.1, -0.05) is 126 Å². The average molecular weight is 884 g/mol. The van der Waals surface area contributed by atoms with Gasteiger partial charge in [0.1, 0.15) is 0 Å². The van der Waals surface area contributed by atoms with E-state index in [9.17, 15) is 0 Å². The lowest BCUT2D eigenvalue weighted by atomic mass is 9.62. The van der Waals surface area contributed by atoms with E-state index in [1.807, 2.05) is 0 Å². The number of anilines is 9. The van der Waals surface area contributed by atoms with Crippen LogP contribution in [0.3, 0.4) is 0 Å². The summed E-state index contributed by atoms with van der Waals surface area (Å²) in [6, 6.07) is 70.7. The highest BCUT2D eigenvalue weighted by atomic mass is 15.2. The van der Waals surface area contributed by atoms with Crippen molar-refractivity contribution in [2.24, 2.45) is 0 Å². The van der Waals surface area contributed by atoms with E-state index in [2.05, 4.69) is 272 Å². The van der Waals surface area contributed by atoms with Crippen LogP contribution in [0.25, 0.3) is 0 Å². The Morgan fingerprint density at radius 3 is 1.13 bits per heavy atom. The molecule has 336 valence electrons. The molecule has 1 aliphatic rings. The molecule has 0 fully saturated rings. The molecule has 0 saturated carbocycles. The molecular weight excluding hydrogens is 823 g/mol. The Bertz CT molecular complexity index is 3090. The van der Waals surface area contributed by atoms with Crippen LogP contribution in [0.2, 0.25) is 0 Å². The normalized spacial score (nSPS) is 12.6. The van der Waals surface area contributed by atoms with E-state index in [-0.39, 0.29) is 0 Å². The van der Waals surface area contributed by atoms with E-state index in [0.29, 0.717) is 0 Å². The maximum Gasteiger partial charge on any atom is 0.0742 e. The van der Waals surface area contributed by atoms with Crippen LogP contribution in [0.15, 0.2) is 188 Å². The first-order chi connectivity index (χ1) is 32.9. The lowest BCUT2D eigenvalue weighted by Crippen LogP contribution is -2.38. The largest absolute Gasteiger partial charge is 0.310 e. The number of nitrogens with zero attached hydrogens (tertiary/aromatic N) is 3. The molecule has 0 atom stereocenters. The highest BCUT2D eigenvalue weighted by Gasteiger charge is 2.47. The van der Waals surface area contributed by atoms with Gasteiger partial charge in [-0.15, -0.1) is 0 Å². The van der Waals surface area contributed by atoms with E-state index in [4.69, 9.17) is 0 Å². The van der Waals surface area contributed by atoms with Crippen molar-refractivity contribution >= 4 is 51.2 Å². The molecule has 1 aliphatic heterocycles. The van der Waals surface area contributed by atoms with Gasteiger partial charge < -0.3 is 14.7 Å². The van der Waals surface area contributed by atoms with Crippen molar-refractivity contribution in [1.29, 1.82) is 0 Å². The smallest absolute Gasteiger partial charge is 0.0742 e. The highest BCUT2D eigenvalue weighted by molar-refractivity contribution is 5.91. The maximum atomic E-state index is 2.47. The van der Waals surface area contributed by atoms with E-state index in [1.54, 1.807) is 0 Å². The fourth-order valence-electron chi connectivity index (χ4n) is 10.6. The minimum Gasteiger partial charge on any atom is -0.310 e. The van der Waals surface area contributed by atoms with E-state index in [1.165, 1.54) is 112 Å². The predicted octanol–water partition coefficient (Wildman–Crippen LogP) is 17.9. The zero-order chi connectivity index (χ0) is 47.4. The molecule has 10 rings (SSSR count). The molecule has 0 radical (unpaired) electrons. The van der Waals surface area contributed by atoms with Gasteiger partial charge in [0, 0.05) is 39.8 Å². The monoisotopic (exact) mass is 883 g/mol. The van der Waals surface area contributed by atoms with Crippen LogP contribution < -0.4 is 14.7 Å². The molecule has 0 N–H and O–H groups in total. The zero-order valence-electron chi connectivity index (χ0n) is 41.2. The van der Waals surface area contributed by atoms with Crippen molar-refractivity contribution in [1.82, 2.24) is 0 Å². The number of aryl methyl sites for hydroxylation is 6. The lowest BCUT2D eigenvalue weighted by molar-refractivity contribution is 0.730. The van der Waals surface area contributed by atoms with Crippen LogP contribution in [0.4, 0.5) is 51.2 Å². The molecule has 9 aromatic carbocycles. The number of hydrogen-bond donors (Lipinski definition) is 0. The summed E-state index contributed by atoms with van der Waals surface area (Å²) in [4.78, 5) is 7.38. The summed E-state index contributed by atoms with van der Waals surface area (Å²) in [6.45, 7) is 22.2. The Morgan fingerprint density at radius 2 is 0.706 bits per heavy atom. The SMILES string of the molecule is Cc1ccc(N2c3ccccc3C(c3ccc(N(c4cccc(C)c4C)c4cccc(C)c4C)cc3)(c3ccc(N(c4cccc(C)c4C)c4cccc(C)c4C)cc3)c3cc(C)ccc32)cc1. The van der Waals surface area contributed by atoms with Gasteiger partial charge in [0.25, 0.3) is 0 Å². The summed E-state index contributed by atoms with van der Waals surface area (Å²) >= 11 is 0. The van der Waals surface area contributed by atoms with Crippen molar-refractivity contribution in [3.8, 4) is 0 Å². The molecule has 0 aromatic heterocycles. The number of para-hydroxylation sites is 1. The van der Waals surface area contributed by atoms with Crippen LogP contribution >= 0.6 is 0 Å². The molecule has 0 bridgehead atoms. The molecule has 1 heterocycles. The predicted molar refractivity (Wildman–Crippen MR) is 290 cm³/mol. The van der Waals surface area contributed by atoms with E-state index in [0.717, 1.165) is 17.1 Å². The van der Waals surface area contributed by atoms with Crippen LogP contribution in [-0.2, 0) is 5.41 Å². The van der Waals surface area contributed by atoms with Gasteiger partial charge in [0.15, 0.2) is 0 Å². The lowest BCUT2D eigenvalue weighted by Gasteiger charge is -2.47. The molecule has 3 nitrogen and oxygen atoms in total. The van der Waals surface area contributed by atoms with E-state index >= 15 is 0 Å². The Kier molecular flexibility index (Phi) is 11.4. The summed E-state index contributed by atoms with van der Waals surface area (Å²) in [5, 5.41) is 0. The summed E-state index contributed by atoms with van der Waals surface area (Å²) in [5.74, 6) is 0. The summed E-state index contributed by atoms with van der Waals surface area (Å²) in [5.41, 5.74) is 27.3. The number of hydrogen-bond acceptors (Lipinski definition) is 3. The Morgan fingerprint density at radius 1 is 0.324 bits per heavy atom. The Labute approximate surface area is 404 Å². The fraction of sp³-hybridized carbons (Fsp3) is 0.169. The van der Waals surface area contributed by atoms with Crippen LogP contribution in [0.5, 0.6) is 0 Å². The topological polar surface area (TPSA) is 9.72 Å². The second kappa shape index (κ2) is 17.6. The minimum absolute atomic E-state index is 0.692. The molecule has 0 saturated heterocycles. The number of benzene rings is 9. The molecule has 3 heteroatoms. The van der Waals surface area contributed by atoms with Crippen molar-refractivity contribution < 1.29 is 0 Å². The summed E-state index contributed by atoms with van der Waals surface area (Å²) < 4.78 is 0. The first-order valence-corrected chi connectivity index (χ1v) is 24.0. The van der Waals surface area contributed by atoms with Gasteiger partial charge in [0.2, 0.25) is 0 Å². The van der Waals surface area contributed by atoms with Gasteiger partial charge in [-0.05, 0) is 209 Å². The molecule has 0 spiro atoms. The summed E-state index contributed by atoms with van der Waals surface area (Å²) in [6.07, 6.45) is 0. The van der Waals surface area contributed by atoms with Crippen LogP contribution in [0.1, 0.15) is 77.9 Å². The van der Waals surface area contributed by atoms with E-state index < -0.39 is 5.41 Å². The van der Waals surface area contributed by atoms with Crippen molar-refractivity contribution in [2.45, 2.75) is 74.7 Å². The number of fused-ring (bicyclic) bond motifs is 2. The third kappa shape index (κ3) is 7.29. The van der Waals surface area contributed by atoms with Gasteiger partial charge >= 0.3 is 0 Å². The molecule has 0 aliphatic carbocycles. The molecular formula is C65H61N3. The third-order valence-electron chi connectivity index (χ3n) is 15.0. The second-order valence-corrected chi connectivity index (χ2v) is 19.1. The van der Waals surface area contributed by atoms with Crippen LogP contribution in [0, 0.1) is 69.2 Å². The fourth-order valence-corrected chi connectivity index (χ4v) is 10.6. The van der Waals surface area contributed by atoms with Gasteiger partial charge in [-0.3, -0.25) is 0 Å². The first kappa shape index (κ1) is 44.2. The maximum absolute atomic E-state index is 2.47. The molecule has 9 aromatic rings. The second-order valence-electron chi connectivity index (χ2n) is 19.1. The van der Waals surface area contributed by atoms with Crippen molar-refractivity contribution in [3.05, 3.63) is 266 Å².